The molecule has 0 saturated heterocycles. The molecule has 0 fully saturated rings. The van der Waals surface area contributed by atoms with Crippen molar-refractivity contribution in [2.24, 2.45) is 0 Å². The fourth-order valence-corrected chi connectivity index (χ4v) is 1.55. The molecule has 0 unspecified atom stereocenters. The van der Waals surface area contributed by atoms with Crippen LogP contribution in [0.3, 0.4) is 0 Å². The molecule has 0 aliphatic rings. The second kappa shape index (κ2) is 4.23. The van der Waals surface area contributed by atoms with Gasteiger partial charge in [-0.1, -0.05) is 11.3 Å². The second-order valence-corrected chi connectivity index (χ2v) is 3.70. The molecule has 1 aromatic heterocycles. The summed E-state index contributed by atoms with van der Waals surface area (Å²) in [6.45, 7) is 0. The molecular formula is C9H6FN3O2S. The van der Waals surface area contributed by atoms with E-state index >= 15 is 0 Å². The molecule has 16 heavy (non-hydrogen) atoms. The third-order valence-corrected chi connectivity index (χ3v) is 2.42. The maximum absolute atomic E-state index is 13.4. The van der Waals surface area contributed by atoms with Crippen LogP contribution in [0.5, 0.6) is 0 Å². The lowest BCUT2D eigenvalue weighted by molar-refractivity contribution is 0.0696. The van der Waals surface area contributed by atoms with Crippen molar-refractivity contribution in [2.75, 3.05) is 5.32 Å². The van der Waals surface area contributed by atoms with Crippen molar-refractivity contribution in [1.82, 2.24) is 10.2 Å². The summed E-state index contributed by atoms with van der Waals surface area (Å²) in [6.07, 6.45) is 0. The minimum Gasteiger partial charge on any atom is -0.478 e. The summed E-state index contributed by atoms with van der Waals surface area (Å²) in [6, 6.07) is 3.61. The molecule has 2 N–H and O–H groups in total. The third kappa shape index (κ3) is 2.14. The average Bonchev–Trinajstić information content (AvgIpc) is 2.73. The lowest BCUT2D eigenvalue weighted by atomic mass is 10.2. The number of nitrogens with one attached hydrogen (secondary N) is 1. The van der Waals surface area contributed by atoms with Crippen molar-refractivity contribution in [3.8, 4) is 0 Å². The standard InChI is InChI=1S/C9H6FN3O2S/c10-6-3-5(8(14)15)1-2-7(6)12-9-13-11-4-16-9/h1-4H,(H,12,13)(H,14,15). The lowest BCUT2D eigenvalue weighted by Crippen LogP contribution is -1.99. The first-order valence-electron chi connectivity index (χ1n) is 4.23. The van der Waals surface area contributed by atoms with Crippen LogP contribution in [0, 0.1) is 5.82 Å². The highest BCUT2D eigenvalue weighted by molar-refractivity contribution is 7.13. The molecule has 0 spiro atoms. The normalized spacial score (nSPS) is 10.1. The van der Waals surface area contributed by atoms with Gasteiger partial charge >= 0.3 is 5.97 Å². The van der Waals surface area contributed by atoms with Gasteiger partial charge in [0.25, 0.3) is 0 Å². The Morgan fingerprint density at radius 2 is 2.31 bits per heavy atom. The molecule has 7 heteroatoms. The maximum Gasteiger partial charge on any atom is 0.335 e. The molecule has 5 nitrogen and oxygen atoms in total. The molecule has 0 atom stereocenters. The highest BCUT2D eigenvalue weighted by atomic mass is 32.1. The summed E-state index contributed by atoms with van der Waals surface area (Å²) in [4.78, 5) is 10.6. The Hall–Kier alpha value is -2.02. The minimum absolute atomic E-state index is 0.0969. The summed E-state index contributed by atoms with van der Waals surface area (Å²) in [5, 5.41) is 19.1. The number of carboxylic acid groups (broad SMARTS) is 1. The topological polar surface area (TPSA) is 75.1 Å². The van der Waals surface area contributed by atoms with E-state index in [0.29, 0.717) is 5.13 Å². The van der Waals surface area contributed by atoms with Gasteiger partial charge in [-0.2, -0.15) is 0 Å². The average molecular weight is 239 g/mol. The minimum atomic E-state index is -1.17. The Balaban J connectivity index is 2.26. The number of carbonyl (C=O) groups is 1. The van der Waals surface area contributed by atoms with Crippen molar-refractivity contribution in [1.29, 1.82) is 0 Å². The Morgan fingerprint density at radius 1 is 1.50 bits per heavy atom. The van der Waals surface area contributed by atoms with Crippen LogP contribution in [0.15, 0.2) is 23.7 Å². The van der Waals surface area contributed by atoms with E-state index in [-0.39, 0.29) is 11.3 Å². The molecule has 0 saturated carbocycles. The van der Waals surface area contributed by atoms with Crippen molar-refractivity contribution in [2.45, 2.75) is 0 Å². The van der Waals surface area contributed by atoms with E-state index in [9.17, 15) is 9.18 Å². The summed E-state index contributed by atoms with van der Waals surface area (Å²) < 4.78 is 13.4. The lowest BCUT2D eigenvalue weighted by Gasteiger charge is -2.04. The fraction of sp³-hybridized carbons (Fsp3) is 0. The largest absolute Gasteiger partial charge is 0.478 e. The molecule has 1 heterocycles. The van der Waals surface area contributed by atoms with Crippen LogP contribution in [-0.4, -0.2) is 21.3 Å². The Labute approximate surface area is 93.6 Å². The van der Waals surface area contributed by atoms with Gasteiger partial charge in [0.1, 0.15) is 11.3 Å². The number of anilines is 2. The molecule has 0 amide bonds. The van der Waals surface area contributed by atoms with E-state index in [1.165, 1.54) is 29.0 Å². The highest BCUT2D eigenvalue weighted by Gasteiger charge is 2.09. The van der Waals surface area contributed by atoms with Crippen LogP contribution in [0.1, 0.15) is 10.4 Å². The van der Waals surface area contributed by atoms with Gasteiger partial charge in [-0.15, -0.1) is 10.2 Å². The summed E-state index contributed by atoms with van der Waals surface area (Å²) in [7, 11) is 0. The van der Waals surface area contributed by atoms with Crippen LogP contribution >= 0.6 is 11.3 Å². The Morgan fingerprint density at radius 3 is 2.88 bits per heavy atom. The zero-order valence-corrected chi connectivity index (χ0v) is 8.66. The highest BCUT2D eigenvalue weighted by Crippen LogP contribution is 2.21. The smallest absolute Gasteiger partial charge is 0.335 e. The van der Waals surface area contributed by atoms with Crippen molar-refractivity contribution < 1.29 is 14.3 Å². The molecule has 0 aliphatic carbocycles. The first kappa shape index (κ1) is 10.5. The summed E-state index contributed by atoms with van der Waals surface area (Å²) >= 11 is 1.22. The van der Waals surface area contributed by atoms with E-state index in [0.717, 1.165) is 6.07 Å². The van der Waals surface area contributed by atoms with Crippen molar-refractivity contribution >= 4 is 28.1 Å². The molecule has 1 aromatic carbocycles. The van der Waals surface area contributed by atoms with Crippen LogP contribution in [0.25, 0.3) is 0 Å². The zero-order valence-electron chi connectivity index (χ0n) is 7.85. The maximum atomic E-state index is 13.4. The predicted octanol–water partition coefficient (Wildman–Crippen LogP) is 2.12. The molecule has 82 valence electrons. The van der Waals surface area contributed by atoms with Gasteiger partial charge in [0.05, 0.1) is 11.3 Å². The SMILES string of the molecule is O=C(O)c1ccc(Nc2nncs2)c(F)c1. The summed E-state index contributed by atoms with van der Waals surface area (Å²) in [5.74, 6) is -1.81. The number of aromatic nitrogens is 2. The number of hydrogen-bond acceptors (Lipinski definition) is 5. The van der Waals surface area contributed by atoms with E-state index < -0.39 is 11.8 Å². The monoisotopic (exact) mass is 239 g/mol. The molecule has 0 aliphatic heterocycles. The van der Waals surface area contributed by atoms with Crippen LogP contribution in [0.4, 0.5) is 15.2 Å². The number of hydrogen-bond donors (Lipinski definition) is 2. The first-order chi connectivity index (χ1) is 7.66. The van der Waals surface area contributed by atoms with E-state index in [2.05, 4.69) is 15.5 Å². The van der Waals surface area contributed by atoms with Crippen LogP contribution in [0.2, 0.25) is 0 Å². The zero-order chi connectivity index (χ0) is 11.5. The van der Waals surface area contributed by atoms with Gasteiger partial charge < -0.3 is 10.4 Å². The van der Waals surface area contributed by atoms with Gasteiger partial charge in [-0.25, -0.2) is 9.18 Å². The predicted molar refractivity (Wildman–Crippen MR) is 56.6 cm³/mol. The molecule has 2 aromatic rings. The van der Waals surface area contributed by atoms with E-state index in [1.807, 2.05) is 0 Å². The molecule has 0 bridgehead atoms. The van der Waals surface area contributed by atoms with Gasteiger partial charge in [0.2, 0.25) is 5.13 Å². The molecule has 2 rings (SSSR count). The van der Waals surface area contributed by atoms with Crippen LogP contribution < -0.4 is 5.32 Å². The van der Waals surface area contributed by atoms with Crippen molar-refractivity contribution in [3.05, 3.63) is 35.1 Å². The van der Waals surface area contributed by atoms with Gasteiger partial charge in [0.15, 0.2) is 0 Å². The van der Waals surface area contributed by atoms with E-state index in [1.54, 1.807) is 0 Å². The number of halogens is 1. The van der Waals surface area contributed by atoms with Crippen LogP contribution in [-0.2, 0) is 0 Å². The van der Waals surface area contributed by atoms with Crippen molar-refractivity contribution in [3.63, 3.8) is 0 Å². The third-order valence-electron chi connectivity index (χ3n) is 1.82. The number of aromatic carboxylic acids is 1. The summed E-state index contributed by atoms with van der Waals surface area (Å²) in [5.41, 5.74) is 1.58. The molecule has 0 radical (unpaired) electrons. The van der Waals surface area contributed by atoms with Gasteiger partial charge in [-0.3, -0.25) is 0 Å². The fourth-order valence-electron chi connectivity index (χ4n) is 1.09. The first-order valence-corrected chi connectivity index (χ1v) is 5.11. The number of benzene rings is 1. The number of nitrogens with zero attached hydrogens (tertiary/aromatic N) is 2. The molecular weight excluding hydrogens is 233 g/mol. The van der Waals surface area contributed by atoms with Gasteiger partial charge in [-0.05, 0) is 18.2 Å². The van der Waals surface area contributed by atoms with Gasteiger partial charge in [0, 0.05) is 0 Å². The quantitative estimate of drug-likeness (QED) is 0.858. The van der Waals surface area contributed by atoms with E-state index in [4.69, 9.17) is 5.11 Å². The Bertz CT molecular complexity index is 515. The second-order valence-electron chi connectivity index (χ2n) is 2.87. The number of rotatable bonds is 3. The Kier molecular flexibility index (Phi) is 2.78. The number of carboxylic acids is 1.